The first-order valence-electron chi connectivity index (χ1n) is 6.69. The molecule has 106 valence electrons. The van der Waals surface area contributed by atoms with Gasteiger partial charge in [-0.1, -0.05) is 18.9 Å². The molecule has 4 nitrogen and oxygen atoms in total. The molecule has 0 atom stereocenters. The minimum Gasteiger partial charge on any atom is -0.398 e. The van der Waals surface area contributed by atoms with Crippen LogP contribution in [0.5, 0.6) is 0 Å². The summed E-state index contributed by atoms with van der Waals surface area (Å²) in [4.78, 5) is 0.280. The molecule has 0 aromatic heterocycles. The fraction of sp³-hybridized carbons (Fsp3) is 0.571. The Bertz CT molecular complexity index is 575. The molecule has 2 N–H and O–H groups in total. The summed E-state index contributed by atoms with van der Waals surface area (Å²) in [6, 6.07) is 3.65. The number of rotatable bonds is 3. The van der Waals surface area contributed by atoms with E-state index < -0.39 is 10.0 Å². The minimum atomic E-state index is -3.50. The maximum atomic E-state index is 12.8. The van der Waals surface area contributed by atoms with Crippen LogP contribution >= 0.6 is 0 Å². The molecule has 1 saturated carbocycles. The van der Waals surface area contributed by atoms with Gasteiger partial charge in [0.25, 0.3) is 0 Å². The molecule has 0 radical (unpaired) electrons. The number of aryl methyl sites for hydroxylation is 1. The lowest BCUT2D eigenvalue weighted by molar-refractivity contribution is 0.373. The number of hydrogen-bond acceptors (Lipinski definition) is 3. The van der Waals surface area contributed by atoms with Gasteiger partial charge in [0.15, 0.2) is 0 Å². The van der Waals surface area contributed by atoms with Crippen LogP contribution < -0.4 is 5.73 Å². The number of nitrogen functional groups attached to an aromatic ring is 1. The summed E-state index contributed by atoms with van der Waals surface area (Å²) >= 11 is 0. The number of nitrogens with zero attached hydrogens (tertiary/aromatic N) is 1. The van der Waals surface area contributed by atoms with Gasteiger partial charge in [0.05, 0.1) is 5.69 Å². The second kappa shape index (κ2) is 5.13. The van der Waals surface area contributed by atoms with Crippen molar-refractivity contribution in [1.82, 2.24) is 4.31 Å². The monoisotopic (exact) mass is 282 g/mol. The molecule has 1 aliphatic carbocycles. The third kappa shape index (κ3) is 2.49. The van der Waals surface area contributed by atoms with E-state index in [1.165, 1.54) is 4.31 Å². The molecule has 0 unspecified atom stereocenters. The van der Waals surface area contributed by atoms with Crippen molar-refractivity contribution >= 4 is 15.7 Å². The number of benzene rings is 1. The van der Waals surface area contributed by atoms with Crippen molar-refractivity contribution in [2.24, 2.45) is 0 Å². The van der Waals surface area contributed by atoms with E-state index >= 15 is 0 Å². The largest absolute Gasteiger partial charge is 0.398 e. The topological polar surface area (TPSA) is 63.4 Å². The van der Waals surface area contributed by atoms with Crippen molar-refractivity contribution < 1.29 is 8.42 Å². The van der Waals surface area contributed by atoms with Gasteiger partial charge in [-0.3, -0.25) is 0 Å². The zero-order valence-corrected chi connectivity index (χ0v) is 12.6. The van der Waals surface area contributed by atoms with Crippen molar-refractivity contribution in [3.05, 3.63) is 23.3 Å². The van der Waals surface area contributed by atoms with Gasteiger partial charge in [0, 0.05) is 13.1 Å². The first kappa shape index (κ1) is 14.3. The fourth-order valence-electron chi connectivity index (χ4n) is 2.76. The van der Waals surface area contributed by atoms with Gasteiger partial charge >= 0.3 is 0 Å². The van der Waals surface area contributed by atoms with E-state index in [1.54, 1.807) is 13.1 Å². The Kier molecular flexibility index (Phi) is 3.87. The number of hydrogen-bond donors (Lipinski definition) is 1. The SMILES string of the molecule is Cc1ccc(N)c(S(=O)(=O)N(C)C2CCCC2)c1C. The van der Waals surface area contributed by atoms with Gasteiger partial charge in [-0.05, 0) is 43.9 Å². The van der Waals surface area contributed by atoms with Crippen LogP contribution in [0.15, 0.2) is 17.0 Å². The predicted octanol–water partition coefficient (Wildman–Crippen LogP) is 2.45. The predicted molar refractivity (Wildman–Crippen MR) is 77.5 cm³/mol. The number of nitrogens with two attached hydrogens (primary N) is 1. The maximum Gasteiger partial charge on any atom is 0.245 e. The van der Waals surface area contributed by atoms with E-state index in [0.29, 0.717) is 5.69 Å². The lowest BCUT2D eigenvalue weighted by Crippen LogP contribution is -2.36. The fourth-order valence-corrected chi connectivity index (χ4v) is 4.57. The number of anilines is 1. The summed E-state index contributed by atoms with van der Waals surface area (Å²) in [5.74, 6) is 0. The highest BCUT2D eigenvalue weighted by atomic mass is 32.2. The van der Waals surface area contributed by atoms with Crippen LogP contribution in [0.1, 0.15) is 36.8 Å². The summed E-state index contributed by atoms with van der Waals surface area (Å²) in [6.07, 6.45) is 4.10. The molecular weight excluding hydrogens is 260 g/mol. The molecular formula is C14H22N2O2S. The first-order chi connectivity index (χ1) is 8.85. The van der Waals surface area contributed by atoms with Crippen LogP contribution in [0, 0.1) is 13.8 Å². The van der Waals surface area contributed by atoms with Crippen LogP contribution in [0.25, 0.3) is 0 Å². The normalized spacial score (nSPS) is 17.3. The van der Waals surface area contributed by atoms with Gasteiger partial charge in [0.1, 0.15) is 4.90 Å². The molecule has 1 fully saturated rings. The molecule has 5 heteroatoms. The van der Waals surface area contributed by atoms with E-state index in [9.17, 15) is 8.42 Å². The Labute approximate surface area is 115 Å². The molecule has 1 aliphatic rings. The first-order valence-corrected chi connectivity index (χ1v) is 8.13. The molecule has 19 heavy (non-hydrogen) atoms. The van der Waals surface area contributed by atoms with E-state index in [0.717, 1.165) is 36.8 Å². The van der Waals surface area contributed by atoms with Gasteiger partial charge in [-0.2, -0.15) is 4.31 Å². The molecule has 0 bridgehead atoms. The van der Waals surface area contributed by atoms with Crippen molar-refractivity contribution in [2.45, 2.75) is 50.5 Å². The molecule has 0 spiro atoms. The van der Waals surface area contributed by atoms with Crippen LogP contribution in [-0.4, -0.2) is 25.8 Å². The molecule has 2 rings (SSSR count). The summed E-state index contributed by atoms with van der Waals surface area (Å²) in [5, 5.41) is 0. The minimum absolute atomic E-state index is 0.115. The summed E-state index contributed by atoms with van der Waals surface area (Å²) in [6.45, 7) is 3.73. The lowest BCUT2D eigenvalue weighted by Gasteiger charge is -2.25. The molecule has 0 heterocycles. The highest BCUT2D eigenvalue weighted by Gasteiger charge is 2.32. The Morgan fingerprint density at radius 2 is 1.79 bits per heavy atom. The Balaban J connectivity index is 2.47. The van der Waals surface area contributed by atoms with Gasteiger partial charge in [-0.25, -0.2) is 8.42 Å². The van der Waals surface area contributed by atoms with Crippen molar-refractivity contribution in [3.63, 3.8) is 0 Å². The number of sulfonamides is 1. The quantitative estimate of drug-likeness (QED) is 0.866. The third-order valence-corrected chi connectivity index (χ3v) is 6.30. The van der Waals surface area contributed by atoms with Gasteiger partial charge in [0.2, 0.25) is 10.0 Å². The Morgan fingerprint density at radius 1 is 1.21 bits per heavy atom. The smallest absolute Gasteiger partial charge is 0.245 e. The van der Waals surface area contributed by atoms with E-state index in [4.69, 9.17) is 5.73 Å². The maximum absolute atomic E-state index is 12.8. The molecule has 0 amide bonds. The highest BCUT2D eigenvalue weighted by molar-refractivity contribution is 7.89. The second-order valence-corrected chi connectivity index (χ2v) is 7.32. The zero-order chi connectivity index (χ0) is 14.2. The standard InChI is InChI=1S/C14H22N2O2S/c1-10-8-9-13(15)14(11(10)2)19(17,18)16(3)12-6-4-5-7-12/h8-9,12H,4-7,15H2,1-3H3. The average molecular weight is 282 g/mol. The van der Waals surface area contributed by atoms with Gasteiger partial charge < -0.3 is 5.73 Å². The zero-order valence-electron chi connectivity index (χ0n) is 11.8. The van der Waals surface area contributed by atoms with Crippen LogP contribution in [-0.2, 0) is 10.0 Å². The average Bonchev–Trinajstić information content (AvgIpc) is 2.86. The van der Waals surface area contributed by atoms with Crippen molar-refractivity contribution in [3.8, 4) is 0 Å². The van der Waals surface area contributed by atoms with Crippen molar-refractivity contribution in [1.29, 1.82) is 0 Å². The van der Waals surface area contributed by atoms with E-state index in [-0.39, 0.29) is 10.9 Å². The van der Waals surface area contributed by atoms with E-state index in [2.05, 4.69) is 0 Å². The second-order valence-electron chi connectivity index (χ2n) is 5.39. The molecule has 1 aromatic rings. The molecule has 1 aromatic carbocycles. The highest BCUT2D eigenvalue weighted by Crippen LogP contribution is 2.32. The summed E-state index contributed by atoms with van der Waals surface area (Å²) < 4.78 is 27.0. The Hall–Kier alpha value is -1.07. The van der Waals surface area contributed by atoms with Crippen LogP contribution in [0.4, 0.5) is 5.69 Å². The lowest BCUT2D eigenvalue weighted by atomic mass is 10.1. The summed E-state index contributed by atoms with van der Waals surface area (Å²) in [7, 11) is -1.82. The third-order valence-electron chi connectivity index (χ3n) is 4.18. The summed E-state index contributed by atoms with van der Waals surface area (Å²) in [5.41, 5.74) is 7.95. The Morgan fingerprint density at radius 3 is 2.37 bits per heavy atom. The van der Waals surface area contributed by atoms with Crippen LogP contribution in [0.2, 0.25) is 0 Å². The van der Waals surface area contributed by atoms with Gasteiger partial charge in [-0.15, -0.1) is 0 Å². The van der Waals surface area contributed by atoms with E-state index in [1.807, 2.05) is 19.9 Å². The van der Waals surface area contributed by atoms with Crippen molar-refractivity contribution in [2.75, 3.05) is 12.8 Å². The molecule has 0 saturated heterocycles. The van der Waals surface area contributed by atoms with Crippen LogP contribution in [0.3, 0.4) is 0 Å². The molecule has 0 aliphatic heterocycles.